The lowest BCUT2D eigenvalue weighted by Crippen LogP contribution is -2.32. The topological polar surface area (TPSA) is 76.1 Å². The molecule has 2 aromatic rings. The van der Waals surface area contributed by atoms with Crippen LogP contribution in [0.2, 0.25) is 0 Å². The number of carbonyl (C=O) groups is 1. The number of nitrogens with one attached hydrogen (secondary N) is 2. The van der Waals surface area contributed by atoms with Crippen LogP contribution in [0.15, 0.2) is 34.7 Å². The van der Waals surface area contributed by atoms with E-state index in [-0.39, 0.29) is 11.2 Å². The van der Waals surface area contributed by atoms with Crippen molar-refractivity contribution in [3.8, 4) is 0 Å². The third-order valence-corrected chi connectivity index (χ3v) is 5.23. The van der Waals surface area contributed by atoms with E-state index in [0.717, 1.165) is 15.9 Å². The predicted molar refractivity (Wildman–Crippen MR) is 98.5 cm³/mol. The molecule has 0 spiro atoms. The molecule has 6 nitrogen and oxygen atoms in total. The predicted octanol–water partition coefficient (Wildman–Crippen LogP) is 2.78. The summed E-state index contributed by atoms with van der Waals surface area (Å²) in [6.45, 7) is 3.84. The van der Waals surface area contributed by atoms with Gasteiger partial charge in [0.2, 0.25) is 11.0 Å². The van der Waals surface area contributed by atoms with E-state index in [1.807, 2.05) is 25.1 Å². The highest BCUT2D eigenvalue weighted by Crippen LogP contribution is 2.29. The largest absolute Gasteiger partial charge is 0.385 e. The minimum atomic E-state index is -0.206. The number of rotatable bonds is 10. The Balaban J connectivity index is 1.75. The van der Waals surface area contributed by atoms with Gasteiger partial charge in [-0.05, 0) is 18.9 Å². The summed E-state index contributed by atoms with van der Waals surface area (Å²) in [5.74, 6) is 0.00472. The molecule has 0 radical (unpaired) electrons. The van der Waals surface area contributed by atoms with Crippen LogP contribution in [0.1, 0.15) is 18.9 Å². The molecule has 1 atom stereocenters. The number of benzene rings is 1. The summed E-state index contributed by atoms with van der Waals surface area (Å²) in [5, 5.41) is 14.9. The molecule has 0 fully saturated rings. The van der Waals surface area contributed by atoms with Gasteiger partial charge in [-0.3, -0.25) is 4.79 Å². The van der Waals surface area contributed by atoms with Crippen molar-refractivity contribution < 1.29 is 9.53 Å². The second-order valence-electron chi connectivity index (χ2n) is 5.11. The Bertz CT molecular complexity index is 622. The SMILES string of the molecule is COCCCNC(=O)C(C)Sc1nnc(NCc2ccccc2)s1. The summed E-state index contributed by atoms with van der Waals surface area (Å²) in [6.07, 6.45) is 0.811. The number of methoxy groups -OCH3 is 1. The molecule has 1 aromatic heterocycles. The Morgan fingerprint density at radius 3 is 2.88 bits per heavy atom. The third kappa shape index (κ3) is 6.46. The van der Waals surface area contributed by atoms with Gasteiger partial charge in [0, 0.05) is 26.8 Å². The first-order valence-electron chi connectivity index (χ1n) is 7.73. The van der Waals surface area contributed by atoms with Gasteiger partial charge in [-0.15, -0.1) is 10.2 Å². The normalized spacial score (nSPS) is 11.9. The molecule has 0 saturated heterocycles. The summed E-state index contributed by atoms with van der Waals surface area (Å²) >= 11 is 2.88. The van der Waals surface area contributed by atoms with E-state index in [1.165, 1.54) is 28.7 Å². The Kier molecular flexibility index (Phi) is 8.00. The van der Waals surface area contributed by atoms with Crippen molar-refractivity contribution in [2.45, 2.75) is 29.5 Å². The lowest BCUT2D eigenvalue weighted by Gasteiger charge is -2.09. The van der Waals surface area contributed by atoms with Gasteiger partial charge in [-0.1, -0.05) is 53.4 Å². The number of carbonyl (C=O) groups excluding carboxylic acids is 1. The standard InChI is InChI=1S/C16H22N4O2S2/c1-12(14(21)17-9-6-10-22-2)23-16-20-19-15(24-16)18-11-13-7-4-3-5-8-13/h3-5,7-8,12H,6,9-11H2,1-2H3,(H,17,21)(H,18,19). The van der Waals surface area contributed by atoms with E-state index in [4.69, 9.17) is 4.74 Å². The molecule has 8 heteroatoms. The highest BCUT2D eigenvalue weighted by molar-refractivity contribution is 8.02. The number of hydrogen-bond donors (Lipinski definition) is 2. The molecule has 0 saturated carbocycles. The number of aromatic nitrogens is 2. The van der Waals surface area contributed by atoms with Crippen molar-refractivity contribution in [2.75, 3.05) is 25.6 Å². The van der Waals surface area contributed by atoms with Gasteiger partial charge in [-0.25, -0.2) is 0 Å². The first-order chi connectivity index (χ1) is 11.7. The number of amides is 1. The quantitative estimate of drug-likeness (QED) is 0.497. The van der Waals surface area contributed by atoms with Crippen LogP contribution < -0.4 is 10.6 Å². The van der Waals surface area contributed by atoms with Gasteiger partial charge >= 0.3 is 0 Å². The average Bonchev–Trinajstić information content (AvgIpc) is 3.05. The highest BCUT2D eigenvalue weighted by Gasteiger charge is 2.16. The molecule has 2 rings (SSSR count). The zero-order chi connectivity index (χ0) is 17.2. The Hall–Kier alpha value is -1.64. The summed E-state index contributed by atoms with van der Waals surface area (Å²) in [5.41, 5.74) is 1.19. The van der Waals surface area contributed by atoms with Crippen LogP contribution >= 0.6 is 23.1 Å². The van der Waals surface area contributed by atoms with Crippen molar-refractivity contribution in [1.82, 2.24) is 15.5 Å². The first kappa shape index (κ1) is 18.7. The summed E-state index contributed by atoms with van der Waals surface area (Å²) in [4.78, 5) is 12.0. The summed E-state index contributed by atoms with van der Waals surface area (Å²) in [6, 6.07) is 10.1. The van der Waals surface area contributed by atoms with Crippen LogP contribution in [-0.4, -0.2) is 41.6 Å². The van der Waals surface area contributed by atoms with Crippen LogP contribution in [0.4, 0.5) is 5.13 Å². The third-order valence-electron chi connectivity index (χ3n) is 3.16. The fourth-order valence-electron chi connectivity index (χ4n) is 1.88. The van der Waals surface area contributed by atoms with Crippen molar-refractivity contribution >= 4 is 34.1 Å². The number of thioether (sulfide) groups is 1. The van der Waals surface area contributed by atoms with E-state index in [1.54, 1.807) is 7.11 Å². The number of nitrogens with zero attached hydrogens (tertiary/aromatic N) is 2. The van der Waals surface area contributed by atoms with E-state index in [9.17, 15) is 4.79 Å². The monoisotopic (exact) mass is 366 g/mol. The van der Waals surface area contributed by atoms with E-state index < -0.39 is 0 Å². The molecule has 0 aliphatic heterocycles. The number of ether oxygens (including phenoxy) is 1. The molecule has 0 aliphatic rings. The van der Waals surface area contributed by atoms with Gasteiger partial charge in [0.25, 0.3) is 0 Å². The summed E-state index contributed by atoms with van der Waals surface area (Å²) in [7, 11) is 1.65. The van der Waals surface area contributed by atoms with Crippen LogP contribution in [0.3, 0.4) is 0 Å². The van der Waals surface area contributed by atoms with Crippen molar-refractivity contribution in [1.29, 1.82) is 0 Å². The van der Waals surface area contributed by atoms with Gasteiger partial charge in [0.1, 0.15) is 0 Å². The van der Waals surface area contributed by atoms with Gasteiger partial charge in [0.15, 0.2) is 4.34 Å². The maximum Gasteiger partial charge on any atom is 0.233 e. The molecular weight excluding hydrogens is 344 g/mol. The van der Waals surface area contributed by atoms with Gasteiger partial charge < -0.3 is 15.4 Å². The molecular formula is C16H22N4O2S2. The minimum absolute atomic E-state index is 0.00472. The number of anilines is 1. The molecule has 130 valence electrons. The van der Waals surface area contributed by atoms with Crippen molar-refractivity contribution in [3.05, 3.63) is 35.9 Å². The van der Waals surface area contributed by atoms with Crippen LogP contribution in [0.5, 0.6) is 0 Å². The zero-order valence-electron chi connectivity index (χ0n) is 13.8. The van der Waals surface area contributed by atoms with E-state index >= 15 is 0 Å². The fourth-order valence-corrected chi connectivity index (χ4v) is 3.80. The van der Waals surface area contributed by atoms with Crippen LogP contribution in [0.25, 0.3) is 0 Å². The van der Waals surface area contributed by atoms with E-state index in [2.05, 4.69) is 33.0 Å². The highest BCUT2D eigenvalue weighted by atomic mass is 32.2. The molecule has 24 heavy (non-hydrogen) atoms. The molecule has 0 aliphatic carbocycles. The molecule has 2 N–H and O–H groups in total. The Labute approximate surface area is 150 Å². The zero-order valence-corrected chi connectivity index (χ0v) is 15.5. The molecule has 1 amide bonds. The maximum absolute atomic E-state index is 12.0. The lowest BCUT2D eigenvalue weighted by molar-refractivity contribution is -0.120. The van der Waals surface area contributed by atoms with Crippen molar-refractivity contribution in [3.63, 3.8) is 0 Å². The first-order valence-corrected chi connectivity index (χ1v) is 9.43. The molecule has 1 heterocycles. The average molecular weight is 367 g/mol. The smallest absolute Gasteiger partial charge is 0.233 e. The second kappa shape index (κ2) is 10.3. The Morgan fingerprint density at radius 2 is 2.12 bits per heavy atom. The van der Waals surface area contributed by atoms with Gasteiger partial charge in [-0.2, -0.15) is 0 Å². The van der Waals surface area contributed by atoms with E-state index in [0.29, 0.717) is 19.7 Å². The lowest BCUT2D eigenvalue weighted by atomic mass is 10.2. The van der Waals surface area contributed by atoms with Gasteiger partial charge in [0.05, 0.1) is 5.25 Å². The second-order valence-corrected chi connectivity index (χ2v) is 7.68. The van der Waals surface area contributed by atoms with Crippen molar-refractivity contribution in [2.24, 2.45) is 0 Å². The molecule has 1 aromatic carbocycles. The fraction of sp³-hybridized carbons (Fsp3) is 0.438. The van der Waals surface area contributed by atoms with Crippen LogP contribution in [-0.2, 0) is 16.1 Å². The summed E-state index contributed by atoms with van der Waals surface area (Å²) < 4.78 is 5.74. The minimum Gasteiger partial charge on any atom is -0.385 e. The molecule has 1 unspecified atom stereocenters. The van der Waals surface area contributed by atoms with Crippen LogP contribution in [0, 0.1) is 0 Å². The Morgan fingerprint density at radius 1 is 1.33 bits per heavy atom. The number of hydrogen-bond acceptors (Lipinski definition) is 7. The maximum atomic E-state index is 12.0. The molecule has 0 bridgehead atoms.